The van der Waals surface area contributed by atoms with Crippen molar-refractivity contribution in [1.82, 2.24) is 4.98 Å². The molecule has 2 aromatic heterocycles. The Hall–Kier alpha value is -3.45. The van der Waals surface area contributed by atoms with Crippen molar-refractivity contribution < 1.29 is 13.9 Å². The van der Waals surface area contributed by atoms with Crippen LogP contribution in [0.15, 0.2) is 51.7 Å². The molecular formula is C25H22N2O4S. The highest BCUT2D eigenvalue weighted by molar-refractivity contribution is 7.15. The second-order valence-electron chi connectivity index (χ2n) is 7.89. The largest absolute Gasteiger partial charge is 0.494 e. The highest BCUT2D eigenvalue weighted by atomic mass is 32.1. The molecule has 0 unspecified atom stereocenters. The molecule has 0 saturated heterocycles. The highest BCUT2D eigenvalue weighted by Gasteiger charge is 2.45. The van der Waals surface area contributed by atoms with E-state index >= 15 is 0 Å². The lowest BCUT2D eigenvalue weighted by Gasteiger charge is -2.22. The number of rotatable bonds is 4. The van der Waals surface area contributed by atoms with Gasteiger partial charge in [-0.3, -0.25) is 14.5 Å². The number of aryl methyl sites for hydroxylation is 3. The quantitative estimate of drug-likeness (QED) is 0.424. The summed E-state index contributed by atoms with van der Waals surface area (Å²) in [5.74, 6) is 0.456. The summed E-state index contributed by atoms with van der Waals surface area (Å²) in [6.45, 7) is 8.29. The summed E-state index contributed by atoms with van der Waals surface area (Å²) >= 11 is 1.43. The SMILES string of the molecule is CCOc1ccc([C@@H]2c3c(oc4ccc(C)cc4c3=O)C(=O)N2c2nc(C)c(C)s2)cc1. The molecule has 0 spiro atoms. The number of amides is 1. The Morgan fingerprint density at radius 3 is 2.50 bits per heavy atom. The molecule has 0 fully saturated rings. The Balaban J connectivity index is 1.77. The molecule has 1 aliphatic heterocycles. The third-order valence-electron chi connectivity index (χ3n) is 5.76. The molecule has 6 nitrogen and oxygen atoms in total. The maximum Gasteiger partial charge on any atom is 0.297 e. The van der Waals surface area contributed by atoms with Crippen molar-refractivity contribution in [1.29, 1.82) is 0 Å². The molecule has 0 N–H and O–H groups in total. The van der Waals surface area contributed by atoms with Gasteiger partial charge in [0.05, 0.1) is 29.3 Å². The predicted octanol–water partition coefficient (Wildman–Crippen LogP) is 5.32. The molecule has 0 radical (unpaired) electrons. The Morgan fingerprint density at radius 1 is 1.09 bits per heavy atom. The van der Waals surface area contributed by atoms with E-state index in [0.717, 1.165) is 27.4 Å². The number of aromatic nitrogens is 1. The Labute approximate surface area is 189 Å². The van der Waals surface area contributed by atoms with E-state index in [1.807, 2.05) is 64.1 Å². The maximum absolute atomic E-state index is 13.6. The first kappa shape index (κ1) is 20.5. The Kier molecular flexibility index (Phi) is 4.86. The number of anilines is 1. The van der Waals surface area contributed by atoms with Crippen molar-refractivity contribution >= 4 is 33.3 Å². The van der Waals surface area contributed by atoms with E-state index in [-0.39, 0.29) is 17.1 Å². The number of benzene rings is 2. The smallest absolute Gasteiger partial charge is 0.297 e. The fraction of sp³-hybridized carbons (Fsp3) is 0.240. The van der Waals surface area contributed by atoms with Crippen molar-refractivity contribution in [2.24, 2.45) is 0 Å². The van der Waals surface area contributed by atoms with E-state index < -0.39 is 6.04 Å². The van der Waals surface area contributed by atoms with Crippen molar-refractivity contribution in [3.63, 3.8) is 0 Å². The van der Waals surface area contributed by atoms with Crippen LogP contribution in [0.2, 0.25) is 0 Å². The number of ether oxygens (including phenoxy) is 1. The van der Waals surface area contributed by atoms with E-state index in [2.05, 4.69) is 4.98 Å². The van der Waals surface area contributed by atoms with Gasteiger partial charge in [0.25, 0.3) is 5.91 Å². The molecule has 4 aromatic rings. The number of carbonyl (C=O) groups excluding carboxylic acids is 1. The molecule has 1 atom stereocenters. The van der Waals surface area contributed by atoms with Gasteiger partial charge in [-0.25, -0.2) is 4.98 Å². The number of thiazole rings is 1. The molecule has 0 bridgehead atoms. The Bertz CT molecular complexity index is 1400. The number of hydrogen-bond donors (Lipinski definition) is 0. The molecule has 162 valence electrons. The third-order valence-corrected chi connectivity index (χ3v) is 6.83. The normalized spacial score (nSPS) is 15.4. The van der Waals surface area contributed by atoms with Gasteiger partial charge in [0, 0.05) is 4.88 Å². The molecule has 1 aliphatic rings. The van der Waals surface area contributed by atoms with Gasteiger partial charge >= 0.3 is 0 Å². The van der Waals surface area contributed by atoms with E-state index in [1.54, 1.807) is 11.0 Å². The van der Waals surface area contributed by atoms with Gasteiger partial charge in [-0.1, -0.05) is 23.8 Å². The minimum Gasteiger partial charge on any atom is -0.494 e. The van der Waals surface area contributed by atoms with Crippen LogP contribution >= 0.6 is 11.3 Å². The summed E-state index contributed by atoms with van der Waals surface area (Å²) in [5, 5.41) is 1.02. The van der Waals surface area contributed by atoms with Crippen molar-refractivity contribution in [3.05, 3.63) is 85.7 Å². The van der Waals surface area contributed by atoms with Crippen LogP contribution in [0, 0.1) is 20.8 Å². The van der Waals surface area contributed by atoms with Crippen LogP contribution in [0.5, 0.6) is 5.75 Å². The van der Waals surface area contributed by atoms with Gasteiger partial charge in [-0.2, -0.15) is 0 Å². The predicted molar refractivity (Wildman–Crippen MR) is 125 cm³/mol. The van der Waals surface area contributed by atoms with Crippen LogP contribution < -0.4 is 15.1 Å². The molecule has 3 heterocycles. The fourth-order valence-corrected chi connectivity index (χ4v) is 5.01. The number of nitrogens with zero attached hydrogens (tertiary/aromatic N) is 2. The zero-order chi connectivity index (χ0) is 22.6. The lowest BCUT2D eigenvalue weighted by molar-refractivity contribution is 0.0971. The fourth-order valence-electron chi connectivity index (χ4n) is 4.07. The van der Waals surface area contributed by atoms with Crippen LogP contribution in [0.1, 0.15) is 50.8 Å². The topological polar surface area (TPSA) is 72.6 Å². The average Bonchev–Trinajstić information content (AvgIpc) is 3.26. The zero-order valence-corrected chi connectivity index (χ0v) is 19.1. The summed E-state index contributed by atoms with van der Waals surface area (Å²) in [5.41, 5.74) is 3.18. The van der Waals surface area contributed by atoms with Crippen LogP contribution in [-0.4, -0.2) is 17.5 Å². The lowest BCUT2D eigenvalue weighted by Crippen LogP contribution is -2.29. The summed E-state index contributed by atoms with van der Waals surface area (Å²) in [6, 6.07) is 12.3. The van der Waals surface area contributed by atoms with Gasteiger partial charge in [0.15, 0.2) is 10.6 Å². The Morgan fingerprint density at radius 2 is 1.84 bits per heavy atom. The maximum atomic E-state index is 13.6. The minimum atomic E-state index is -0.626. The number of hydrogen-bond acceptors (Lipinski definition) is 6. The summed E-state index contributed by atoms with van der Waals surface area (Å²) < 4.78 is 11.6. The molecule has 32 heavy (non-hydrogen) atoms. The van der Waals surface area contributed by atoms with E-state index in [1.165, 1.54) is 11.3 Å². The van der Waals surface area contributed by atoms with Crippen LogP contribution in [0.3, 0.4) is 0 Å². The van der Waals surface area contributed by atoms with Crippen LogP contribution in [0.4, 0.5) is 5.13 Å². The van der Waals surface area contributed by atoms with Crippen LogP contribution in [-0.2, 0) is 0 Å². The monoisotopic (exact) mass is 446 g/mol. The molecular weight excluding hydrogens is 424 g/mol. The van der Waals surface area contributed by atoms with Gasteiger partial charge in [-0.15, -0.1) is 11.3 Å². The summed E-state index contributed by atoms with van der Waals surface area (Å²) in [4.78, 5) is 34.4. The lowest BCUT2D eigenvalue weighted by atomic mass is 9.98. The highest BCUT2D eigenvalue weighted by Crippen LogP contribution is 2.43. The first-order chi connectivity index (χ1) is 15.4. The average molecular weight is 447 g/mol. The van der Waals surface area contributed by atoms with Crippen molar-refractivity contribution in [2.45, 2.75) is 33.7 Å². The van der Waals surface area contributed by atoms with E-state index in [9.17, 15) is 9.59 Å². The first-order valence-corrected chi connectivity index (χ1v) is 11.3. The zero-order valence-electron chi connectivity index (χ0n) is 18.3. The number of fused-ring (bicyclic) bond motifs is 2. The van der Waals surface area contributed by atoms with Crippen LogP contribution in [0.25, 0.3) is 11.0 Å². The van der Waals surface area contributed by atoms with E-state index in [4.69, 9.17) is 9.15 Å². The minimum absolute atomic E-state index is 0.0794. The van der Waals surface area contributed by atoms with Gasteiger partial charge in [-0.05, 0) is 57.5 Å². The second kappa shape index (κ2) is 7.60. The standard InChI is InChI=1S/C25H22N2O4S/c1-5-30-17-9-7-16(8-10-17)21-20-22(28)18-12-13(2)6-11-19(18)31-23(20)24(29)27(21)25-26-14(3)15(4)32-25/h6-12,21H,5H2,1-4H3/t21-/m1/s1. The van der Waals surface area contributed by atoms with Gasteiger partial charge in [0.2, 0.25) is 5.76 Å². The summed E-state index contributed by atoms with van der Waals surface area (Å²) in [6.07, 6.45) is 0. The molecule has 5 rings (SSSR count). The van der Waals surface area contributed by atoms with E-state index in [0.29, 0.717) is 28.3 Å². The molecule has 0 aliphatic carbocycles. The van der Waals surface area contributed by atoms with Crippen molar-refractivity contribution in [3.8, 4) is 5.75 Å². The molecule has 2 aromatic carbocycles. The second-order valence-corrected chi connectivity index (χ2v) is 9.07. The molecule has 1 amide bonds. The molecule has 7 heteroatoms. The first-order valence-electron chi connectivity index (χ1n) is 10.5. The third kappa shape index (κ3) is 3.12. The van der Waals surface area contributed by atoms with Crippen molar-refractivity contribution in [2.75, 3.05) is 11.5 Å². The summed E-state index contributed by atoms with van der Waals surface area (Å²) in [7, 11) is 0. The number of carbonyl (C=O) groups is 1. The van der Waals surface area contributed by atoms with Gasteiger partial charge in [0.1, 0.15) is 11.3 Å². The molecule has 0 saturated carbocycles. The van der Waals surface area contributed by atoms with Gasteiger partial charge < -0.3 is 9.15 Å².